The normalized spacial score (nSPS) is 17.3. The van der Waals surface area contributed by atoms with Crippen LogP contribution >= 0.6 is 15.9 Å². The van der Waals surface area contributed by atoms with Crippen molar-refractivity contribution < 1.29 is 18.0 Å². The summed E-state index contributed by atoms with van der Waals surface area (Å²) in [7, 11) is 0. The molecule has 0 saturated heterocycles. The van der Waals surface area contributed by atoms with Crippen molar-refractivity contribution in [2.45, 2.75) is 25.6 Å². The summed E-state index contributed by atoms with van der Waals surface area (Å²) < 4.78 is 38.8. The summed E-state index contributed by atoms with van der Waals surface area (Å²) in [5, 5.41) is 2.36. The highest BCUT2D eigenvalue weighted by Gasteiger charge is 2.68. The summed E-state index contributed by atoms with van der Waals surface area (Å²) in [5.74, 6) is -0.921. The van der Waals surface area contributed by atoms with Crippen molar-refractivity contribution in [1.29, 1.82) is 0 Å². The summed E-state index contributed by atoms with van der Waals surface area (Å²) >= 11 is 3.26. The Kier molecular flexibility index (Phi) is 3.40. The van der Waals surface area contributed by atoms with Crippen LogP contribution in [0, 0.1) is 5.41 Å². The van der Waals surface area contributed by atoms with Crippen LogP contribution < -0.4 is 5.32 Å². The van der Waals surface area contributed by atoms with E-state index in [-0.39, 0.29) is 19.4 Å². The third kappa shape index (κ3) is 2.53. The Morgan fingerprint density at radius 2 is 2.06 bits per heavy atom. The molecule has 0 unspecified atom stereocenters. The molecule has 98 valence electrons. The van der Waals surface area contributed by atoms with E-state index in [1.54, 1.807) is 18.2 Å². The number of carbonyl (C=O) groups excluding carboxylic acids is 1. The second kappa shape index (κ2) is 4.57. The van der Waals surface area contributed by atoms with E-state index in [9.17, 15) is 18.0 Å². The average molecular weight is 322 g/mol. The fourth-order valence-electron chi connectivity index (χ4n) is 1.76. The highest BCUT2D eigenvalue weighted by atomic mass is 79.9. The molecule has 0 spiro atoms. The number of nitrogens with one attached hydrogen (secondary N) is 1. The van der Waals surface area contributed by atoms with Crippen molar-refractivity contribution in [1.82, 2.24) is 5.32 Å². The van der Waals surface area contributed by atoms with Crippen LogP contribution in [0.4, 0.5) is 13.2 Å². The molecule has 0 aromatic heterocycles. The molecule has 0 bridgehead atoms. The molecule has 1 aromatic rings. The topological polar surface area (TPSA) is 29.1 Å². The Bertz CT molecular complexity index is 469. The number of amides is 1. The maximum absolute atomic E-state index is 12.7. The predicted molar refractivity (Wildman–Crippen MR) is 63.7 cm³/mol. The Morgan fingerprint density at radius 3 is 2.56 bits per heavy atom. The molecule has 0 aliphatic heterocycles. The Morgan fingerprint density at radius 1 is 1.39 bits per heavy atom. The van der Waals surface area contributed by atoms with E-state index >= 15 is 0 Å². The first-order chi connectivity index (χ1) is 8.35. The number of halogens is 4. The number of rotatable bonds is 3. The molecule has 1 aliphatic rings. The Hall–Kier alpha value is -1.04. The SMILES string of the molecule is O=C(NCc1cccc(Br)c1)C1(C(F)(F)F)CC1. The molecular formula is C12H11BrF3NO. The quantitative estimate of drug-likeness (QED) is 0.908. The van der Waals surface area contributed by atoms with Crippen molar-refractivity contribution in [3.63, 3.8) is 0 Å². The van der Waals surface area contributed by atoms with E-state index < -0.39 is 17.5 Å². The fraction of sp³-hybridized carbons (Fsp3) is 0.417. The van der Waals surface area contributed by atoms with Crippen molar-refractivity contribution in [2.75, 3.05) is 0 Å². The molecule has 0 atom stereocenters. The van der Waals surface area contributed by atoms with Gasteiger partial charge in [0.05, 0.1) is 0 Å². The summed E-state index contributed by atoms with van der Waals surface area (Å²) in [5.41, 5.74) is -1.38. The van der Waals surface area contributed by atoms with Gasteiger partial charge in [-0.1, -0.05) is 28.1 Å². The minimum atomic E-state index is -4.45. The van der Waals surface area contributed by atoms with Crippen molar-refractivity contribution in [3.8, 4) is 0 Å². The molecule has 1 aliphatic carbocycles. The molecule has 6 heteroatoms. The van der Waals surface area contributed by atoms with Gasteiger partial charge in [0.25, 0.3) is 0 Å². The molecular weight excluding hydrogens is 311 g/mol. The lowest BCUT2D eigenvalue weighted by Crippen LogP contribution is -2.40. The first-order valence-corrected chi connectivity index (χ1v) is 6.24. The van der Waals surface area contributed by atoms with E-state index in [1.807, 2.05) is 6.07 Å². The lowest BCUT2D eigenvalue weighted by atomic mass is 10.1. The minimum Gasteiger partial charge on any atom is -0.351 e. The third-order valence-corrected chi connectivity index (χ3v) is 3.56. The second-order valence-corrected chi connectivity index (χ2v) is 5.31. The fourth-order valence-corrected chi connectivity index (χ4v) is 2.21. The van der Waals surface area contributed by atoms with Crippen LogP contribution in [0.25, 0.3) is 0 Å². The number of benzene rings is 1. The van der Waals surface area contributed by atoms with Crippen LogP contribution in [0.3, 0.4) is 0 Å². The predicted octanol–water partition coefficient (Wildman–Crippen LogP) is 3.41. The largest absolute Gasteiger partial charge is 0.403 e. The van der Waals surface area contributed by atoms with E-state index in [0.717, 1.165) is 10.0 Å². The molecule has 0 heterocycles. The zero-order chi connectivity index (χ0) is 13.4. The van der Waals surface area contributed by atoms with Gasteiger partial charge in [0.15, 0.2) is 0 Å². The van der Waals surface area contributed by atoms with Crippen LogP contribution in [-0.2, 0) is 11.3 Å². The Balaban J connectivity index is 1.98. The minimum absolute atomic E-state index is 0.107. The van der Waals surface area contributed by atoms with E-state index in [2.05, 4.69) is 21.2 Å². The van der Waals surface area contributed by atoms with Gasteiger partial charge in [-0.3, -0.25) is 4.79 Å². The van der Waals surface area contributed by atoms with Gasteiger partial charge in [-0.25, -0.2) is 0 Å². The molecule has 18 heavy (non-hydrogen) atoms. The standard InChI is InChI=1S/C12H11BrF3NO/c13-9-3-1-2-8(6-9)7-17-10(18)11(4-5-11)12(14,15)16/h1-3,6H,4-5,7H2,(H,17,18). The van der Waals surface area contributed by atoms with Gasteiger partial charge in [-0.2, -0.15) is 13.2 Å². The van der Waals surface area contributed by atoms with Crippen molar-refractivity contribution >= 4 is 21.8 Å². The van der Waals surface area contributed by atoms with Crippen molar-refractivity contribution in [3.05, 3.63) is 34.3 Å². The van der Waals surface area contributed by atoms with Gasteiger partial charge >= 0.3 is 6.18 Å². The molecule has 1 amide bonds. The van der Waals surface area contributed by atoms with Gasteiger partial charge in [-0.05, 0) is 30.5 Å². The first-order valence-electron chi connectivity index (χ1n) is 5.45. The molecule has 1 saturated carbocycles. The maximum Gasteiger partial charge on any atom is 0.403 e. The molecule has 2 rings (SSSR count). The second-order valence-electron chi connectivity index (χ2n) is 4.39. The number of carbonyl (C=O) groups is 1. The lowest BCUT2D eigenvalue weighted by Gasteiger charge is -2.18. The van der Waals surface area contributed by atoms with Gasteiger partial charge in [0.2, 0.25) is 5.91 Å². The molecule has 0 radical (unpaired) electrons. The average Bonchev–Trinajstić information content (AvgIpc) is 3.06. The number of hydrogen-bond acceptors (Lipinski definition) is 1. The highest BCUT2D eigenvalue weighted by Crippen LogP contribution is 2.57. The van der Waals surface area contributed by atoms with Crippen LogP contribution in [0.15, 0.2) is 28.7 Å². The molecule has 1 aromatic carbocycles. The van der Waals surface area contributed by atoms with Gasteiger partial charge in [0.1, 0.15) is 5.41 Å². The number of hydrogen-bond donors (Lipinski definition) is 1. The van der Waals surface area contributed by atoms with Crippen LogP contribution in [0.2, 0.25) is 0 Å². The van der Waals surface area contributed by atoms with Crippen LogP contribution in [0.5, 0.6) is 0 Å². The highest BCUT2D eigenvalue weighted by molar-refractivity contribution is 9.10. The monoisotopic (exact) mass is 321 g/mol. The van der Waals surface area contributed by atoms with Gasteiger partial charge < -0.3 is 5.32 Å². The molecule has 1 fully saturated rings. The summed E-state index contributed by atoms with van der Waals surface area (Å²) in [4.78, 5) is 11.6. The summed E-state index contributed by atoms with van der Waals surface area (Å²) in [6, 6.07) is 7.08. The number of alkyl halides is 3. The van der Waals surface area contributed by atoms with E-state index in [1.165, 1.54) is 0 Å². The van der Waals surface area contributed by atoms with Crippen LogP contribution in [0.1, 0.15) is 18.4 Å². The van der Waals surface area contributed by atoms with Crippen LogP contribution in [-0.4, -0.2) is 12.1 Å². The smallest absolute Gasteiger partial charge is 0.351 e. The zero-order valence-electron chi connectivity index (χ0n) is 9.35. The maximum atomic E-state index is 12.7. The van der Waals surface area contributed by atoms with Crippen molar-refractivity contribution in [2.24, 2.45) is 5.41 Å². The lowest BCUT2D eigenvalue weighted by molar-refractivity contribution is -0.192. The summed E-state index contributed by atoms with van der Waals surface area (Å²) in [6.45, 7) is 0.107. The molecule has 1 N–H and O–H groups in total. The van der Waals surface area contributed by atoms with E-state index in [4.69, 9.17) is 0 Å². The third-order valence-electron chi connectivity index (χ3n) is 3.07. The zero-order valence-corrected chi connectivity index (χ0v) is 10.9. The van der Waals surface area contributed by atoms with E-state index in [0.29, 0.717) is 0 Å². The van der Waals surface area contributed by atoms with Gasteiger partial charge in [0, 0.05) is 11.0 Å². The van der Waals surface area contributed by atoms with Gasteiger partial charge in [-0.15, -0.1) is 0 Å². The summed E-state index contributed by atoms with van der Waals surface area (Å²) in [6.07, 6.45) is -4.67. The Labute approximate surface area is 111 Å². The molecule has 2 nitrogen and oxygen atoms in total. The first kappa shape index (κ1) is 13.4.